The first-order valence-electron chi connectivity index (χ1n) is 7.96. The Morgan fingerprint density at radius 1 is 1.10 bits per heavy atom. The molecule has 3 rings (SSSR count). The van der Waals surface area contributed by atoms with Gasteiger partial charge in [-0.05, 0) is 36.4 Å². The van der Waals surface area contributed by atoms with Crippen molar-refractivity contribution in [2.75, 3.05) is 11.1 Å². The van der Waals surface area contributed by atoms with Crippen LogP contribution in [0.3, 0.4) is 0 Å². The Morgan fingerprint density at radius 2 is 1.79 bits per heavy atom. The molecule has 29 heavy (non-hydrogen) atoms. The van der Waals surface area contributed by atoms with Gasteiger partial charge in [0.25, 0.3) is 5.69 Å². The van der Waals surface area contributed by atoms with E-state index in [2.05, 4.69) is 20.3 Å². The molecule has 0 saturated carbocycles. The third-order valence-corrected chi connectivity index (χ3v) is 3.99. The summed E-state index contributed by atoms with van der Waals surface area (Å²) in [5, 5.41) is 14.7. The maximum atomic E-state index is 12.3. The van der Waals surface area contributed by atoms with Crippen LogP contribution in [-0.2, 0) is 11.3 Å². The van der Waals surface area contributed by atoms with Crippen LogP contribution < -0.4 is 11.1 Å². The van der Waals surface area contributed by atoms with Crippen LogP contribution in [0.25, 0.3) is 0 Å². The molecule has 0 atom stereocenters. The Kier molecular flexibility index (Phi) is 6.05. The van der Waals surface area contributed by atoms with Crippen molar-refractivity contribution in [3.05, 3.63) is 74.0 Å². The van der Waals surface area contributed by atoms with Crippen molar-refractivity contribution in [3.63, 3.8) is 0 Å². The molecule has 3 aromatic rings. The summed E-state index contributed by atoms with van der Waals surface area (Å²) in [5.41, 5.74) is 5.60. The Bertz CT molecular complexity index is 1080. The van der Waals surface area contributed by atoms with Crippen molar-refractivity contribution in [3.8, 4) is 0 Å². The number of carbonyl (C=O) groups is 1. The van der Waals surface area contributed by atoms with E-state index in [-0.39, 0.29) is 34.9 Å². The molecular formula is C17H12Cl2N6O4. The van der Waals surface area contributed by atoms with Gasteiger partial charge in [0, 0.05) is 21.8 Å². The van der Waals surface area contributed by atoms with Gasteiger partial charge in [-0.3, -0.25) is 10.1 Å². The van der Waals surface area contributed by atoms with Crippen LogP contribution >= 0.6 is 23.2 Å². The predicted molar refractivity (Wildman–Crippen MR) is 106 cm³/mol. The number of hydrogen-bond donors (Lipinski definition) is 2. The highest BCUT2D eigenvalue weighted by molar-refractivity contribution is 6.31. The average Bonchev–Trinajstić information content (AvgIpc) is 2.67. The fourth-order valence-corrected chi connectivity index (χ4v) is 2.56. The summed E-state index contributed by atoms with van der Waals surface area (Å²) in [7, 11) is 0. The summed E-state index contributed by atoms with van der Waals surface area (Å²) >= 11 is 11.7. The van der Waals surface area contributed by atoms with Crippen LogP contribution in [0.4, 0.5) is 23.3 Å². The molecule has 0 radical (unpaired) electrons. The highest BCUT2D eigenvalue weighted by Gasteiger charge is 2.22. The smallest absolute Gasteiger partial charge is 0.345 e. The van der Waals surface area contributed by atoms with Crippen molar-refractivity contribution >= 4 is 52.4 Å². The monoisotopic (exact) mass is 434 g/mol. The number of nitro benzene ring substituents is 1. The van der Waals surface area contributed by atoms with E-state index in [1.807, 2.05) is 0 Å². The molecule has 0 spiro atoms. The number of anilines is 3. The lowest BCUT2D eigenvalue weighted by Crippen LogP contribution is -2.12. The number of aromatic nitrogens is 3. The van der Waals surface area contributed by atoms with Gasteiger partial charge in [-0.1, -0.05) is 23.2 Å². The maximum absolute atomic E-state index is 12.3. The first-order chi connectivity index (χ1) is 13.8. The quantitative estimate of drug-likeness (QED) is 0.335. The average molecular weight is 435 g/mol. The van der Waals surface area contributed by atoms with Crippen LogP contribution in [-0.4, -0.2) is 25.8 Å². The number of carbonyl (C=O) groups excluding carboxylic acids is 1. The molecular weight excluding hydrogens is 423 g/mol. The first kappa shape index (κ1) is 20.2. The van der Waals surface area contributed by atoms with Crippen molar-refractivity contribution < 1.29 is 14.5 Å². The molecule has 3 N–H and O–H groups in total. The van der Waals surface area contributed by atoms with Gasteiger partial charge < -0.3 is 15.8 Å². The largest absolute Gasteiger partial charge is 0.454 e. The summed E-state index contributed by atoms with van der Waals surface area (Å²) in [5.74, 6) is -0.881. The molecule has 0 aliphatic rings. The van der Waals surface area contributed by atoms with Gasteiger partial charge in [-0.15, -0.1) is 0 Å². The minimum Gasteiger partial charge on any atom is -0.454 e. The van der Waals surface area contributed by atoms with E-state index in [9.17, 15) is 14.9 Å². The van der Waals surface area contributed by atoms with Gasteiger partial charge in [0.1, 0.15) is 5.56 Å². The molecule has 0 amide bonds. The van der Waals surface area contributed by atoms with Gasteiger partial charge in [0.05, 0.1) is 4.92 Å². The second kappa shape index (κ2) is 8.67. The maximum Gasteiger partial charge on any atom is 0.345 e. The first-order valence-corrected chi connectivity index (χ1v) is 8.71. The number of nitrogens with two attached hydrogens (primary N) is 1. The molecule has 148 valence electrons. The van der Waals surface area contributed by atoms with E-state index in [0.29, 0.717) is 10.7 Å². The van der Waals surface area contributed by atoms with E-state index in [1.165, 1.54) is 6.07 Å². The van der Waals surface area contributed by atoms with Gasteiger partial charge in [0.2, 0.25) is 11.9 Å². The lowest BCUT2D eigenvalue weighted by molar-refractivity contribution is -0.385. The topological polar surface area (TPSA) is 146 Å². The lowest BCUT2D eigenvalue weighted by atomic mass is 10.2. The molecule has 10 nitrogen and oxygen atoms in total. The minimum absolute atomic E-state index is 0.0481. The Hall–Kier alpha value is -3.50. The van der Waals surface area contributed by atoms with Crippen LogP contribution in [0, 0.1) is 10.1 Å². The van der Waals surface area contributed by atoms with Gasteiger partial charge in [-0.2, -0.15) is 15.0 Å². The summed E-state index contributed by atoms with van der Waals surface area (Å²) in [4.78, 5) is 34.6. The second-order valence-electron chi connectivity index (χ2n) is 5.56. The molecule has 1 heterocycles. The molecule has 12 heteroatoms. The number of halogens is 2. The fraction of sp³-hybridized carbons (Fsp3) is 0.0588. The lowest BCUT2D eigenvalue weighted by Gasteiger charge is -2.08. The van der Waals surface area contributed by atoms with E-state index in [4.69, 9.17) is 33.7 Å². The molecule has 0 fully saturated rings. The summed E-state index contributed by atoms with van der Waals surface area (Å²) in [6.07, 6.45) is 0. The molecule has 0 bridgehead atoms. The number of nitrogens with one attached hydrogen (secondary N) is 1. The highest BCUT2D eigenvalue weighted by atomic mass is 35.5. The fourth-order valence-electron chi connectivity index (χ4n) is 2.26. The third kappa shape index (κ3) is 5.27. The molecule has 2 aromatic carbocycles. The number of esters is 1. The molecule has 0 unspecified atom stereocenters. The number of benzene rings is 2. The normalized spacial score (nSPS) is 10.4. The molecule has 1 aromatic heterocycles. The molecule has 0 saturated heterocycles. The standard InChI is InChI=1S/C17H12Cl2N6O4/c18-9-1-4-11(5-2-9)21-17-23-14(22-16(20)24-17)8-29-15(26)12-7-10(19)3-6-13(12)25(27)28/h1-7H,8H2,(H3,20,21,22,23,24). The van der Waals surface area contributed by atoms with E-state index < -0.39 is 16.6 Å². The van der Waals surface area contributed by atoms with Gasteiger partial charge >= 0.3 is 5.97 Å². The second-order valence-corrected chi connectivity index (χ2v) is 6.43. The zero-order valence-corrected chi connectivity index (χ0v) is 16.0. The highest BCUT2D eigenvalue weighted by Crippen LogP contribution is 2.24. The Morgan fingerprint density at radius 3 is 2.48 bits per heavy atom. The van der Waals surface area contributed by atoms with Gasteiger partial charge in [0.15, 0.2) is 12.4 Å². The zero-order chi connectivity index (χ0) is 21.0. The van der Waals surface area contributed by atoms with Crippen molar-refractivity contribution in [2.24, 2.45) is 0 Å². The SMILES string of the molecule is Nc1nc(COC(=O)c2cc(Cl)ccc2[N+](=O)[O-])nc(Nc2ccc(Cl)cc2)n1. The number of rotatable bonds is 6. The Labute approximate surface area is 173 Å². The molecule has 0 aliphatic heterocycles. The van der Waals surface area contributed by atoms with Crippen molar-refractivity contribution in [1.82, 2.24) is 15.0 Å². The number of nitrogens with zero attached hydrogens (tertiary/aromatic N) is 4. The molecule has 0 aliphatic carbocycles. The van der Waals surface area contributed by atoms with E-state index >= 15 is 0 Å². The number of nitrogen functional groups attached to an aromatic ring is 1. The van der Waals surface area contributed by atoms with Crippen LogP contribution in [0.2, 0.25) is 10.0 Å². The summed E-state index contributed by atoms with van der Waals surface area (Å²) in [6, 6.07) is 10.3. The minimum atomic E-state index is -0.953. The van der Waals surface area contributed by atoms with Crippen LogP contribution in [0.15, 0.2) is 42.5 Å². The van der Waals surface area contributed by atoms with Crippen molar-refractivity contribution in [1.29, 1.82) is 0 Å². The van der Waals surface area contributed by atoms with Gasteiger partial charge in [-0.25, -0.2) is 4.79 Å². The summed E-state index contributed by atoms with van der Waals surface area (Å²) < 4.78 is 5.08. The summed E-state index contributed by atoms with van der Waals surface area (Å²) in [6.45, 7) is -0.384. The number of nitro groups is 1. The van der Waals surface area contributed by atoms with E-state index in [0.717, 1.165) is 12.1 Å². The van der Waals surface area contributed by atoms with Crippen LogP contribution in [0.1, 0.15) is 16.2 Å². The van der Waals surface area contributed by atoms with E-state index in [1.54, 1.807) is 24.3 Å². The third-order valence-electron chi connectivity index (χ3n) is 3.51. The van der Waals surface area contributed by atoms with Crippen LogP contribution in [0.5, 0.6) is 0 Å². The Balaban J connectivity index is 1.75. The number of hydrogen-bond acceptors (Lipinski definition) is 9. The predicted octanol–water partition coefficient (Wildman–Crippen LogP) is 3.77. The van der Waals surface area contributed by atoms with Crippen molar-refractivity contribution in [2.45, 2.75) is 6.61 Å². The number of ether oxygens (including phenoxy) is 1. The zero-order valence-electron chi connectivity index (χ0n) is 14.5.